The minimum Gasteiger partial charge on any atom is -0.489 e. The van der Waals surface area contributed by atoms with E-state index in [1.165, 1.54) is 6.92 Å². The van der Waals surface area contributed by atoms with Crippen molar-refractivity contribution in [2.45, 2.75) is 32.9 Å². The molecule has 0 spiro atoms. The number of benzene rings is 1. The number of esters is 1. The zero-order valence-corrected chi connectivity index (χ0v) is 12.4. The van der Waals surface area contributed by atoms with Gasteiger partial charge in [-0.3, -0.25) is 9.59 Å². The Morgan fingerprint density at radius 2 is 1.85 bits per heavy atom. The van der Waals surface area contributed by atoms with Gasteiger partial charge in [0.25, 0.3) is 5.91 Å². The number of halogens is 1. The Morgan fingerprint density at radius 1 is 1.25 bits per heavy atom. The predicted molar refractivity (Wildman–Crippen MR) is 75.8 cm³/mol. The predicted octanol–water partition coefficient (Wildman–Crippen LogP) is 2.18. The Bertz CT molecular complexity index is 459. The average Bonchev–Trinajstić information content (AvgIpc) is 2.35. The van der Waals surface area contributed by atoms with Crippen molar-refractivity contribution in [3.63, 3.8) is 0 Å². The van der Waals surface area contributed by atoms with Gasteiger partial charge < -0.3 is 14.8 Å². The van der Waals surface area contributed by atoms with Crippen LogP contribution < -0.4 is 10.1 Å². The molecule has 5 nitrogen and oxygen atoms in total. The SMILES string of the molecule is CC(=O)OC(COc1ccc(Cl)cc1)C(=O)NC(C)C. The lowest BCUT2D eigenvalue weighted by atomic mass is 10.3. The van der Waals surface area contributed by atoms with Crippen molar-refractivity contribution in [3.8, 4) is 5.75 Å². The number of rotatable bonds is 6. The Hall–Kier alpha value is -1.75. The number of carbonyl (C=O) groups excluding carboxylic acids is 2. The summed E-state index contributed by atoms with van der Waals surface area (Å²) in [6.45, 7) is 4.84. The van der Waals surface area contributed by atoms with E-state index in [0.29, 0.717) is 10.8 Å². The highest BCUT2D eigenvalue weighted by atomic mass is 35.5. The van der Waals surface area contributed by atoms with Gasteiger partial charge in [0.2, 0.25) is 6.10 Å². The maximum Gasteiger partial charge on any atom is 0.303 e. The molecule has 1 N–H and O–H groups in total. The first-order chi connectivity index (χ1) is 9.38. The molecule has 0 saturated heterocycles. The molecule has 20 heavy (non-hydrogen) atoms. The zero-order chi connectivity index (χ0) is 15.1. The van der Waals surface area contributed by atoms with Crippen molar-refractivity contribution in [2.75, 3.05) is 6.61 Å². The molecule has 0 heterocycles. The molecule has 6 heteroatoms. The van der Waals surface area contributed by atoms with Crippen molar-refractivity contribution >= 4 is 23.5 Å². The van der Waals surface area contributed by atoms with Crippen molar-refractivity contribution in [3.05, 3.63) is 29.3 Å². The van der Waals surface area contributed by atoms with E-state index in [1.807, 2.05) is 13.8 Å². The molecule has 0 fully saturated rings. The number of ether oxygens (including phenoxy) is 2. The van der Waals surface area contributed by atoms with E-state index in [2.05, 4.69) is 5.32 Å². The first kappa shape index (κ1) is 16.3. The standard InChI is InChI=1S/C14H18ClNO4/c1-9(2)16-14(18)13(20-10(3)17)8-19-12-6-4-11(15)5-7-12/h4-7,9,13H,8H2,1-3H3,(H,16,18). The molecule has 1 rings (SSSR count). The van der Waals surface area contributed by atoms with E-state index in [-0.39, 0.29) is 18.6 Å². The third-order valence-corrected chi connectivity index (χ3v) is 2.50. The van der Waals surface area contributed by atoms with E-state index in [9.17, 15) is 9.59 Å². The summed E-state index contributed by atoms with van der Waals surface area (Å²) in [4.78, 5) is 22.9. The normalized spacial score (nSPS) is 11.8. The fourth-order valence-electron chi connectivity index (χ4n) is 1.44. The van der Waals surface area contributed by atoms with Crippen molar-refractivity contribution in [1.29, 1.82) is 0 Å². The summed E-state index contributed by atoms with van der Waals surface area (Å²) in [5, 5.41) is 3.27. The van der Waals surface area contributed by atoms with Gasteiger partial charge in [0.05, 0.1) is 0 Å². The van der Waals surface area contributed by atoms with Gasteiger partial charge in [0, 0.05) is 18.0 Å². The number of hydrogen-bond acceptors (Lipinski definition) is 4. The van der Waals surface area contributed by atoms with Crippen LogP contribution >= 0.6 is 11.6 Å². The smallest absolute Gasteiger partial charge is 0.303 e. The van der Waals surface area contributed by atoms with E-state index in [4.69, 9.17) is 21.1 Å². The van der Waals surface area contributed by atoms with Crippen LogP contribution in [0.3, 0.4) is 0 Å². The lowest BCUT2D eigenvalue weighted by Gasteiger charge is -2.18. The zero-order valence-electron chi connectivity index (χ0n) is 11.7. The first-order valence-corrected chi connectivity index (χ1v) is 6.62. The molecule has 0 aliphatic carbocycles. The second kappa shape index (κ2) is 7.75. The highest BCUT2D eigenvalue weighted by Crippen LogP contribution is 2.16. The quantitative estimate of drug-likeness (QED) is 0.818. The second-order valence-corrected chi connectivity index (χ2v) is 4.96. The first-order valence-electron chi connectivity index (χ1n) is 6.24. The van der Waals surface area contributed by atoms with Crippen molar-refractivity contribution in [1.82, 2.24) is 5.32 Å². The fourth-order valence-corrected chi connectivity index (χ4v) is 1.57. The third kappa shape index (κ3) is 5.93. The van der Waals surface area contributed by atoms with Gasteiger partial charge in [-0.25, -0.2) is 0 Å². The molecule has 1 aromatic carbocycles. The molecule has 1 amide bonds. The monoisotopic (exact) mass is 299 g/mol. The van der Waals surface area contributed by atoms with Crippen LogP contribution in [-0.2, 0) is 14.3 Å². The second-order valence-electron chi connectivity index (χ2n) is 4.53. The molecule has 1 aromatic rings. The van der Waals surface area contributed by atoms with Gasteiger partial charge in [-0.1, -0.05) is 11.6 Å². The number of nitrogens with one attached hydrogen (secondary N) is 1. The minimum absolute atomic E-state index is 0.0453. The van der Waals surface area contributed by atoms with Gasteiger partial charge in [-0.2, -0.15) is 0 Å². The van der Waals surface area contributed by atoms with E-state index in [0.717, 1.165) is 0 Å². The summed E-state index contributed by atoms with van der Waals surface area (Å²) < 4.78 is 10.4. The van der Waals surface area contributed by atoms with Crippen LogP contribution in [0.2, 0.25) is 5.02 Å². The molecule has 1 atom stereocenters. The highest BCUT2D eigenvalue weighted by Gasteiger charge is 2.23. The Balaban J connectivity index is 2.62. The van der Waals surface area contributed by atoms with Crippen molar-refractivity contribution in [2.24, 2.45) is 0 Å². The van der Waals surface area contributed by atoms with E-state index in [1.54, 1.807) is 24.3 Å². The van der Waals surface area contributed by atoms with E-state index >= 15 is 0 Å². The van der Waals surface area contributed by atoms with Crippen LogP contribution in [0.1, 0.15) is 20.8 Å². The summed E-state index contributed by atoms with van der Waals surface area (Å²) in [7, 11) is 0. The Kier molecular flexibility index (Phi) is 6.31. The fraction of sp³-hybridized carbons (Fsp3) is 0.429. The van der Waals surface area contributed by atoms with E-state index < -0.39 is 12.1 Å². The minimum atomic E-state index is -0.981. The van der Waals surface area contributed by atoms with Crippen LogP contribution in [0.15, 0.2) is 24.3 Å². The molecule has 0 radical (unpaired) electrons. The molecular weight excluding hydrogens is 282 g/mol. The van der Waals surface area contributed by atoms with Crippen LogP contribution in [0, 0.1) is 0 Å². The van der Waals surface area contributed by atoms with Gasteiger partial charge in [-0.15, -0.1) is 0 Å². The third-order valence-electron chi connectivity index (χ3n) is 2.25. The molecule has 0 aliphatic heterocycles. The Morgan fingerprint density at radius 3 is 2.35 bits per heavy atom. The molecule has 0 saturated carbocycles. The molecular formula is C14H18ClNO4. The number of hydrogen-bond donors (Lipinski definition) is 1. The van der Waals surface area contributed by atoms with Gasteiger partial charge >= 0.3 is 5.97 Å². The van der Waals surface area contributed by atoms with Crippen LogP contribution in [0.4, 0.5) is 0 Å². The maximum atomic E-state index is 11.9. The summed E-state index contributed by atoms with van der Waals surface area (Å²) in [6, 6.07) is 6.65. The van der Waals surface area contributed by atoms with Crippen LogP contribution in [0.25, 0.3) is 0 Å². The lowest BCUT2D eigenvalue weighted by molar-refractivity contribution is -0.155. The molecule has 0 bridgehead atoms. The molecule has 0 aliphatic rings. The highest BCUT2D eigenvalue weighted by molar-refractivity contribution is 6.30. The number of amides is 1. The van der Waals surface area contributed by atoms with Gasteiger partial charge in [-0.05, 0) is 38.1 Å². The number of carbonyl (C=O) groups is 2. The molecule has 110 valence electrons. The summed E-state index contributed by atoms with van der Waals surface area (Å²) >= 11 is 5.76. The maximum absolute atomic E-state index is 11.9. The van der Waals surface area contributed by atoms with Crippen molar-refractivity contribution < 1.29 is 19.1 Å². The topological polar surface area (TPSA) is 64.6 Å². The Labute approximate surface area is 123 Å². The van der Waals surface area contributed by atoms with Crippen LogP contribution in [-0.4, -0.2) is 30.6 Å². The van der Waals surface area contributed by atoms with Gasteiger partial charge in [0.1, 0.15) is 12.4 Å². The summed E-state index contributed by atoms with van der Waals surface area (Å²) in [6.07, 6.45) is -0.981. The average molecular weight is 300 g/mol. The lowest BCUT2D eigenvalue weighted by Crippen LogP contribution is -2.43. The van der Waals surface area contributed by atoms with Gasteiger partial charge in [0.15, 0.2) is 0 Å². The summed E-state index contributed by atoms with van der Waals surface area (Å²) in [5.74, 6) is -0.373. The largest absolute Gasteiger partial charge is 0.489 e. The van der Waals surface area contributed by atoms with Crippen LogP contribution in [0.5, 0.6) is 5.75 Å². The summed E-state index contributed by atoms with van der Waals surface area (Å²) in [5.41, 5.74) is 0. The molecule has 0 aromatic heterocycles. The molecule has 1 unspecified atom stereocenters.